The molecule has 0 aromatic carbocycles. The molecule has 0 saturated carbocycles. The molecule has 144 valence electrons. The first-order chi connectivity index (χ1) is 13.0. The lowest BCUT2D eigenvalue weighted by Gasteiger charge is -2.20. The molecule has 2 heterocycles. The Hall–Kier alpha value is -2.34. The van der Waals surface area contributed by atoms with Crippen molar-refractivity contribution in [2.75, 3.05) is 11.9 Å². The predicted molar refractivity (Wildman–Crippen MR) is 107 cm³/mol. The first kappa shape index (κ1) is 19.4. The number of hydrogen-bond acceptors (Lipinski definition) is 5. The van der Waals surface area contributed by atoms with Gasteiger partial charge in [0.1, 0.15) is 16.5 Å². The Kier molecular flexibility index (Phi) is 6.16. The van der Waals surface area contributed by atoms with Crippen LogP contribution in [0.5, 0.6) is 0 Å². The van der Waals surface area contributed by atoms with Crippen LogP contribution in [-0.4, -0.2) is 18.5 Å². The molecule has 27 heavy (non-hydrogen) atoms. The Morgan fingerprint density at radius 2 is 2.19 bits per heavy atom. The lowest BCUT2D eigenvalue weighted by molar-refractivity contribution is -0.111. The molecule has 1 aliphatic carbocycles. The summed E-state index contributed by atoms with van der Waals surface area (Å²) in [7, 11) is 0. The van der Waals surface area contributed by atoms with E-state index >= 15 is 0 Å². The Morgan fingerprint density at radius 3 is 2.85 bits per heavy atom. The average molecular weight is 388 g/mol. The van der Waals surface area contributed by atoms with E-state index in [1.165, 1.54) is 22.3 Å². The van der Waals surface area contributed by atoms with E-state index < -0.39 is 0 Å². The summed E-state index contributed by atoms with van der Waals surface area (Å²) in [6.07, 6.45) is 7.04. The van der Waals surface area contributed by atoms with Crippen molar-refractivity contribution in [3.8, 4) is 0 Å². The number of anilines is 1. The van der Waals surface area contributed by atoms with Crippen LogP contribution in [0.4, 0.5) is 5.00 Å². The first-order valence-corrected chi connectivity index (χ1v) is 10.2. The van der Waals surface area contributed by atoms with Crippen molar-refractivity contribution in [3.05, 3.63) is 45.7 Å². The lowest BCUT2D eigenvalue weighted by Crippen LogP contribution is -2.16. The van der Waals surface area contributed by atoms with Gasteiger partial charge in [0.15, 0.2) is 0 Å². The second-order valence-corrected chi connectivity index (χ2v) is 7.82. The van der Waals surface area contributed by atoms with Crippen LogP contribution >= 0.6 is 11.3 Å². The van der Waals surface area contributed by atoms with E-state index in [9.17, 15) is 9.59 Å². The predicted octanol–water partition coefficient (Wildman–Crippen LogP) is 4.99. The maximum atomic E-state index is 12.5. The van der Waals surface area contributed by atoms with E-state index in [2.05, 4.69) is 12.2 Å². The number of carbonyl (C=O) groups is 2. The van der Waals surface area contributed by atoms with Gasteiger partial charge in [-0.05, 0) is 62.8 Å². The number of carbonyl (C=O) groups excluding carboxylic acids is 2. The van der Waals surface area contributed by atoms with Crippen molar-refractivity contribution in [1.82, 2.24) is 0 Å². The summed E-state index contributed by atoms with van der Waals surface area (Å²) in [6, 6.07) is 3.64. The highest BCUT2D eigenvalue weighted by atomic mass is 32.1. The second kappa shape index (κ2) is 8.57. The Labute approximate surface area is 163 Å². The standard InChI is InChI=1S/C21H25NO4S/c1-4-14-7-10-16-17(12-14)27-20(19(16)21(24)25-5-2)22-18(23)11-9-15-8-6-13(3)26-15/h6,8-9,11,14H,4-5,7,10,12H2,1-3H3,(H,22,23)/b11-9+/t14-/m1/s1. The molecule has 0 bridgehead atoms. The number of ether oxygens (including phenoxy) is 1. The number of hydrogen-bond donors (Lipinski definition) is 1. The Bertz CT molecular complexity index is 862. The minimum Gasteiger partial charge on any atom is -0.462 e. The van der Waals surface area contributed by atoms with Gasteiger partial charge in [-0.2, -0.15) is 0 Å². The van der Waals surface area contributed by atoms with Crippen LogP contribution in [0.3, 0.4) is 0 Å². The van der Waals surface area contributed by atoms with Crippen molar-refractivity contribution in [2.45, 2.75) is 46.5 Å². The summed E-state index contributed by atoms with van der Waals surface area (Å²) in [5.41, 5.74) is 1.58. The molecule has 2 aromatic rings. The molecule has 0 spiro atoms. The van der Waals surface area contributed by atoms with Gasteiger partial charge in [0.05, 0.1) is 12.2 Å². The van der Waals surface area contributed by atoms with Gasteiger partial charge >= 0.3 is 5.97 Å². The maximum Gasteiger partial charge on any atom is 0.341 e. The number of aryl methyl sites for hydroxylation is 1. The van der Waals surface area contributed by atoms with Gasteiger partial charge in [0, 0.05) is 11.0 Å². The van der Waals surface area contributed by atoms with Crippen LogP contribution in [0, 0.1) is 12.8 Å². The van der Waals surface area contributed by atoms with Crippen molar-refractivity contribution in [2.24, 2.45) is 5.92 Å². The molecule has 1 amide bonds. The smallest absolute Gasteiger partial charge is 0.341 e. The number of fused-ring (bicyclic) bond motifs is 1. The minimum atomic E-state index is -0.356. The van der Waals surface area contributed by atoms with E-state index in [4.69, 9.17) is 9.15 Å². The fourth-order valence-corrected chi connectivity index (χ4v) is 4.72. The molecule has 1 N–H and O–H groups in total. The quantitative estimate of drug-likeness (QED) is 0.560. The highest BCUT2D eigenvalue weighted by molar-refractivity contribution is 7.17. The summed E-state index contributed by atoms with van der Waals surface area (Å²) in [5, 5.41) is 3.45. The van der Waals surface area contributed by atoms with Gasteiger partial charge in [0.2, 0.25) is 5.91 Å². The van der Waals surface area contributed by atoms with Gasteiger partial charge in [-0.1, -0.05) is 13.3 Å². The van der Waals surface area contributed by atoms with Crippen LogP contribution in [-0.2, 0) is 22.4 Å². The van der Waals surface area contributed by atoms with E-state index in [0.717, 1.165) is 37.0 Å². The third-order valence-corrected chi connectivity index (χ3v) is 5.99. The monoisotopic (exact) mass is 387 g/mol. The molecule has 2 aromatic heterocycles. The maximum absolute atomic E-state index is 12.5. The zero-order chi connectivity index (χ0) is 19.4. The first-order valence-electron chi connectivity index (χ1n) is 9.38. The average Bonchev–Trinajstić information content (AvgIpc) is 3.22. The van der Waals surface area contributed by atoms with Gasteiger partial charge in [-0.3, -0.25) is 4.79 Å². The second-order valence-electron chi connectivity index (χ2n) is 6.72. The zero-order valence-corrected chi connectivity index (χ0v) is 16.8. The third-order valence-electron chi connectivity index (χ3n) is 4.82. The molecule has 5 nitrogen and oxygen atoms in total. The molecule has 0 fully saturated rings. The van der Waals surface area contributed by atoms with Crippen LogP contribution in [0.15, 0.2) is 22.6 Å². The molecule has 6 heteroatoms. The SMILES string of the molecule is CCOC(=O)c1c(NC(=O)/C=C/c2ccc(C)o2)sc2c1CC[C@@H](CC)C2. The molecular weight excluding hydrogens is 362 g/mol. The number of rotatable bonds is 6. The molecule has 0 saturated heterocycles. The fraction of sp³-hybridized carbons (Fsp3) is 0.429. The van der Waals surface area contributed by atoms with Crippen molar-refractivity contribution >= 4 is 34.3 Å². The largest absolute Gasteiger partial charge is 0.462 e. The van der Waals surface area contributed by atoms with Crippen molar-refractivity contribution in [1.29, 1.82) is 0 Å². The highest BCUT2D eigenvalue weighted by Crippen LogP contribution is 2.40. The Balaban J connectivity index is 1.83. The molecule has 0 aliphatic heterocycles. The number of amides is 1. The Morgan fingerprint density at radius 1 is 1.37 bits per heavy atom. The number of furan rings is 1. The third kappa shape index (κ3) is 4.50. The normalized spacial score (nSPS) is 16.3. The van der Waals surface area contributed by atoms with E-state index in [1.54, 1.807) is 19.1 Å². The van der Waals surface area contributed by atoms with Gasteiger partial charge in [-0.15, -0.1) is 11.3 Å². The van der Waals surface area contributed by atoms with Crippen LogP contribution in [0.2, 0.25) is 0 Å². The minimum absolute atomic E-state index is 0.291. The van der Waals surface area contributed by atoms with Gasteiger partial charge < -0.3 is 14.5 Å². The van der Waals surface area contributed by atoms with Crippen LogP contribution in [0.25, 0.3) is 6.08 Å². The molecule has 1 atom stereocenters. The van der Waals surface area contributed by atoms with Gasteiger partial charge in [-0.25, -0.2) is 4.79 Å². The molecule has 0 radical (unpaired) electrons. The van der Waals surface area contributed by atoms with E-state index in [0.29, 0.717) is 28.8 Å². The van der Waals surface area contributed by atoms with Crippen LogP contribution in [0.1, 0.15) is 59.0 Å². The zero-order valence-electron chi connectivity index (χ0n) is 16.0. The number of nitrogens with one attached hydrogen (secondary N) is 1. The van der Waals surface area contributed by atoms with E-state index in [1.807, 2.05) is 13.0 Å². The van der Waals surface area contributed by atoms with E-state index in [-0.39, 0.29) is 11.9 Å². The van der Waals surface area contributed by atoms with Gasteiger partial charge in [0.25, 0.3) is 0 Å². The summed E-state index contributed by atoms with van der Waals surface area (Å²) in [4.78, 5) is 26.1. The highest BCUT2D eigenvalue weighted by Gasteiger charge is 2.29. The van der Waals surface area contributed by atoms with Crippen LogP contribution < -0.4 is 5.32 Å². The van der Waals surface area contributed by atoms with Crippen molar-refractivity contribution in [3.63, 3.8) is 0 Å². The summed E-state index contributed by atoms with van der Waals surface area (Å²) in [6.45, 7) is 6.14. The molecular formula is C21H25NO4S. The number of esters is 1. The summed E-state index contributed by atoms with van der Waals surface area (Å²) < 4.78 is 10.7. The fourth-order valence-electron chi connectivity index (χ4n) is 3.36. The topological polar surface area (TPSA) is 68.5 Å². The number of thiophene rings is 1. The summed E-state index contributed by atoms with van der Waals surface area (Å²) in [5.74, 6) is 1.39. The molecule has 1 aliphatic rings. The molecule has 0 unspecified atom stereocenters. The lowest BCUT2D eigenvalue weighted by atomic mass is 9.85. The summed E-state index contributed by atoms with van der Waals surface area (Å²) >= 11 is 1.50. The molecule has 3 rings (SSSR count). The van der Waals surface area contributed by atoms with Crippen molar-refractivity contribution < 1.29 is 18.7 Å².